The van der Waals surface area contributed by atoms with Crippen LogP contribution in [0.15, 0.2) is 70.1 Å². The smallest absolute Gasteiger partial charge is 0.287 e. The van der Waals surface area contributed by atoms with E-state index >= 15 is 0 Å². The van der Waals surface area contributed by atoms with Crippen molar-refractivity contribution in [2.24, 2.45) is 0 Å². The van der Waals surface area contributed by atoms with Gasteiger partial charge in [0.2, 0.25) is 11.2 Å². The summed E-state index contributed by atoms with van der Waals surface area (Å²) in [4.78, 5) is 24.2. The first-order chi connectivity index (χ1) is 13.0. The van der Waals surface area contributed by atoms with E-state index in [9.17, 15) is 14.0 Å². The Hall–Kier alpha value is -3.12. The van der Waals surface area contributed by atoms with Crippen molar-refractivity contribution in [1.29, 1.82) is 0 Å². The Morgan fingerprint density at radius 3 is 2.41 bits per heavy atom. The zero-order chi connectivity index (χ0) is 19.2. The van der Waals surface area contributed by atoms with Gasteiger partial charge in [0.1, 0.15) is 18.7 Å². The van der Waals surface area contributed by atoms with E-state index in [4.69, 9.17) is 20.8 Å². The Bertz CT molecular complexity index is 984. The number of nitrogens with one attached hydrogen (secondary N) is 1. The van der Waals surface area contributed by atoms with Crippen LogP contribution in [-0.4, -0.2) is 5.91 Å². The van der Waals surface area contributed by atoms with E-state index in [-0.39, 0.29) is 30.5 Å². The second kappa shape index (κ2) is 8.51. The lowest BCUT2D eigenvalue weighted by Gasteiger charge is -2.07. The first-order valence-electron chi connectivity index (χ1n) is 8.04. The molecule has 5 nitrogen and oxygen atoms in total. The van der Waals surface area contributed by atoms with Crippen molar-refractivity contribution in [3.05, 3.63) is 98.8 Å². The molecule has 0 atom stereocenters. The highest BCUT2D eigenvalue weighted by Crippen LogP contribution is 2.11. The van der Waals surface area contributed by atoms with Crippen LogP contribution in [0.5, 0.6) is 5.75 Å². The third-order valence-corrected chi connectivity index (χ3v) is 3.95. The van der Waals surface area contributed by atoms with E-state index in [0.29, 0.717) is 10.6 Å². The molecule has 1 heterocycles. The number of ether oxygens (including phenoxy) is 1. The van der Waals surface area contributed by atoms with E-state index in [1.54, 1.807) is 36.4 Å². The summed E-state index contributed by atoms with van der Waals surface area (Å²) in [6.07, 6.45) is 1.09. The summed E-state index contributed by atoms with van der Waals surface area (Å²) in [5.74, 6) is -1.03. The Labute approximate surface area is 159 Å². The third-order valence-electron chi connectivity index (χ3n) is 3.70. The molecule has 0 radical (unpaired) electrons. The van der Waals surface area contributed by atoms with E-state index in [2.05, 4.69) is 5.32 Å². The van der Waals surface area contributed by atoms with Crippen molar-refractivity contribution in [3.63, 3.8) is 0 Å². The van der Waals surface area contributed by atoms with Gasteiger partial charge in [0.15, 0.2) is 5.76 Å². The van der Waals surface area contributed by atoms with Gasteiger partial charge in [0.05, 0.1) is 0 Å². The van der Waals surface area contributed by atoms with E-state index in [0.717, 1.165) is 17.9 Å². The van der Waals surface area contributed by atoms with Crippen LogP contribution in [0, 0.1) is 5.82 Å². The Kier molecular flexibility index (Phi) is 5.88. The van der Waals surface area contributed by atoms with Gasteiger partial charge in [-0.15, -0.1) is 0 Å². The van der Waals surface area contributed by atoms with Gasteiger partial charge in [-0.2, -0.15) is 0 Å². The number of hydrogen-bond acceptors (Lipinski definition) is 4. The molecule has 0 aliphatic carbocycles. The number of carbonyl (C=O) groups is 1. The number of halogens is 2. The van der Waals surface area contributed by atoms with Crippen molar-refractivity contribution in [3.8, 4) is 5.75 Å². The fourth-order valence-corrected chi connectivity index (χ4v) is 2.36. The Balaban J connectivity index is 1.59. The van der Waals surface area contributed by atoms with Gasteiger partial charge in [0.25, 0.3) is 5.91 Å². The highest BCUT2D eigenvalue weighted by molar-refractivity contribution is 6.30. The predicted octanol–water partition coefficient (Wildman–Crippen LogP) is 3.94. The summed E-state index contributed by atoms with van der Waals surface area (Å²) in [6, 6.07) is 13.8. The van der Waals surface area contributed by atoms with Crippen molar-refractivity contribution < 1.29 is 18.3 Å². The van der Waals surface area contributed by atoms with E-state index < -0.39 is 11.3 Å². The molecule has 0 bridgehead atoms. The molecule has 0 fully saturated rings. The van der Waals surface area contributed by atoms with E-state index in [1.807, 2.05) is 0 Å². The number of hydrogen-bond donors (Lipinski definition) is 1. The highest BCUT2D eigenvalue weighted by Gasteiger charge is 2.12. The van der Waals surface area contributed by atoms with Gasteiger partial charge in [-0.05, 0) is 35.4 Å². The maximum Gasteiger partial charge on any atom is 0.287 e. The van der Waals surface area contributed by atoms with Crippen LogP contribution in [-0.2, 0) is 13.2 Å². The average Bonchev–Trinajstić information content (AvgIpc) is 2.67. The van der Waals surface area contributed by atoms with Gasteiger partial charge in [-0.1, -0.05) is 35.9 Å². The van der Waals surface area contributed by atoms with Crippen LogP contribution in [0.1, 0.15) is 21.7 Å². The zero-order valence-electron chi connectivity index (χ0n) is 14.1. The molecule has 0 spiro atoms. The van der Waals surface area contributed by atoms with Crippen molar-refractivity contribution >= 4 is 17.5 Å². The van der Waals surface area contributed by atoms with Gasteiger partial charge in [0, 0.05) is 17.6 Å². The normalized spacial score (nSPS) is 10.4. The lowest BCUT2D eigenvalue weighted by Crippen LogP contribution is -2.24. The fourth-order valence-electron chi connectivity index (χ4n) is 2.24. The molecule has 27 heavy (non-hydrogen) atoms. The molecule has 0 aliphatic heterocycles. The molecule has 2 aromatic carbocycles. The van der Waals surface area contributed by atoms with Crippen LogP contribution in [0.3, 0.4) is 0 Å². The highest BCUT2D eigenvalue weighted by atomic mass is 35.5. The van der Waals surface area contributed by atoms with Crippen molar-refractivity contribution in [2.45, 2.75) is 13.2 Å². The molecule has 1 N–H and O–H groups in total. The van der Waals surface area contributed by atoms with Gasteiger partial charge in [-0.25, -0.2) is 4.39 Å². The van der Waals surface area contributed by atoms with E-state index in [1.165, 1.54) is 12.1 Å². The molecule has 0 saturated heterocycles. The molecule has 7 heteroatoms. The predicted molar refractivity (Wildman–Crippen MR) is 98.3 cm³/mol. The largest absolute Gasteiger partial charge is 0.482 e. The van der Waals surface area contributed by atoms with Gasteiger partial charge < -0.3 is 14.5 Å². The summed E-state index contributed by atoms with van der Waals surface area (Å²) in [6.45, 7) is 0.343. The summed E-state index contributed by atoms with van der Waals surface area (Å²) < 4.78 is 23.4. The number of amides is 1. The minimum atomic E-state index is -0.521. The molecular weight excluding hydrogens is 373 g/mol. The third kappa shape index (κ3) is 5.18. The molecule has 0 saturated carbocycles. The summed E-state index contributed by atoms with van der Waals surface area (Å²) in [5, 5.41) is 3.26. The molecule has 0 aliphatic rings. The Morgan fingerprint density at radius 1 is 1.07 bits per heavy atom. The van der Waals surface area contributed by atoms with Crippen molar-refractivity contribution in [1.82, 2.24) is 5.32 Å². The van der Waals surface area contributed by atoms with Crippen LogP contribution in [0.4, 0.5) is 4.39 Å². The molecule has 138 valence electrons. The molecule has 3 rings (SSSR count). The van der Waals surface area contributed by atoms with Gasteiger partial charge >= 0.3 is 0 Å². The van der Waals surface area contributed by atoms with Crippen LogP contribution < -0.4 is 15.5 Å². The standard InChI is InChI=1S/C20H15ClFNO4/c21-15-5-1-13(2-6-15)10-23-20(25)18-9-17(24)19(12-27-18)26-11-14-3-7-16(22)8-4-14/h1-9,12H,10-11H2,(H,23,25). The lowest BCUT2D eigenvalue weighted by molar-refractivity contribution is 0.0919. The fraction of sp³-hybridized carbons (Fsp3) is 0.100. The molecule has 1 amide bonds. The first kappa shape index (κ1) is 18.7. The first-order valence-corrected chi connectivity index (χ1v) is 8.42. The van der Waals surface area contributed by atoms with Crippen LogP contribution in [0.25, 0.3) is 0 Å². The SMILES string of the molecule is O=C(NCc1ccc(Cl)cc1)c1cc(=O)c(OCc2ccc(F)cc2)co1. The quantitative estimate of drug-likeness (QED) is 0.695. The molecule has 3 aromatic rings. The molecule has 1 aromatic heterocycles. The Morgan fingerprint density at radius 2 is 1.74 bits per heavy atom. The number of carbonyl (C=O) groups excluding carboxylic acids is 1. The number of benzene rings is 2. The van der Waals surface area contributed by atoms with Gasteiger partial charge in [-0.3, -0.25) is 9.59 Å². The average molecular weight is 388 g/mol. The van der Waals surface area contributed by atoms with Crippen LogP contribution >= 0.6 is 11.6 Å². The summed E-state index contributed by atoms with van der Waals surface area (Å²) in [7, 11) is 0. The maximum atomic E-state index is 12.9. The molecule has 0 unspecified atom stereocenters. The topological polar surface area (TPSA) is 68.5 Å². The van der Waals surface area contributed by atoms with Crippen LogP contribution in [0.2, 0.25) is 5.02 Å². The summed E-state index contributed by atoms with van der Waals surface area (Å²) in [5.41, 5.74) is 1.06. The lowest BCUT2D eigenvalue weighted by atomic mass is 10.2. The number of rotatable bonds is 6. The minimum absolute atomic E-state index is 0.0337. The van der Waals surface area contributed by atoms with Crippen molar-refractivity contribution in [2.75, 3.05) is 0 Å². The maximum absolute atomic E-state index is 12.9. The monoisotopic (exact) mass is 387 g/mol. The minimum Gasteiger partial charge on any atom is -0.482 e. The zero-order valence-corrected chi connectivity index (χ0v) is 14.8. The summed E-state index contributed by atoms with van der Waals surface area (Å²) >= 11 is 5.81. The second-order valence-electron chi connectivity index (χ2n) is 5.70. The molecular formula is C20H15ClFNO4. The second-order valence-corrected chi connectivity index (χ2v) is 6.13.